The minimum Gasteiger partial charge on any atom is -0.487 e. The van der Waals surface area contributed by atoms with E-state index in [1.807, 2.05) is 0 Å². The van der Waals surface area contributed by atoms with Gasteiger partial charge in [-0.15, -0.1) is 0 Å². The number of amides is 2. The van der Waals surface area contributed by atoms with Crippen molar-refractivity contribution in [1.29, 1.82) is 0 Å². The zero-order valence-corrected chi connectivity index (χ0v) is 13.8. The summed E-state index contributed by atoms with van der Waals surface area (Å²) in [4.78, 5) is 35.5. The highest BCUT2D eigenvalue weighted by molar-refractivity contribution is 6.31. The first kappa shape index (κ1) is 17.2. The average Bonchev–Trinajstić information content (AvgIpc) is 2.92. The summed E-state index contributed by atoms with van der Waals surface area (Å²) in [6.07, 6.45) is 1.30. The Kier molecular flexibility index (Phi) is 4.66. The van der Waals surface area contributed by atoms with E-state index < -0.39 is 16.7 Å². The number of anilines is 1. The lowest BCUT2D eigenvalue weighted by Crippen LogP contribution is -2.35. The molecule has 1 saturated heterocycles. The number of benzene rings is 2. The lowest BCUT2D eigenvalue weighted by molar-refractivity contribution is -0.385. The fraction of sp³-hybridized carbons (Fsp3) is 0.111. The lowest BCUT2D eigenvalue weighted by atomic mass is 10.1. The van der Waals surface area contributed by atoms with Crippen LogP contribution in [0.3, 0.4) is 0 Å². The van der Waals surface area contributed by atoms with Crippen molar-refractivity contribution in [2.24, 2.45) is 0 Å². The van der Waals surface area contributed by atoms with Gasteiger partial charge in [0.2, 0.25) is 5.75 Å². The van der Waals surface area contributed by atoms with Crippen molar-refractivity contribution in [2.45, 2.75) is 6.92 Å². The normalized spacial score (nSPS) is 15.3. The predicted octanol–water partition coefficient (Wildman–Crippen LogP) is 2.45. The van der Waals surface area contributed by atoms with Crippen LogP contribution < -0.4 is 15.2 Å². The van der Waals surface area contributed by atoms with Gasteiger partial charge < -0.3 is 4.74 Å². The Morgan fingerprint density at radius 2 is 1.88 bits per heavy atom. The van der Waals surface area contributed by atoms with Gasteiger partial charge in [-0.1, -0.05) is 30.3 Å². The molecule has 0 radical (unpaired) electrons. The molecule has 1 fully saturated rings. The Morgan fingerprint density at radius 3 is 2.54 bits per heavy atom. The van der Waals surface area contributed by atoms with E-state index in [1.165, 1.54) is 18.2 Å². The van der Waals surface area contributed by atoms with Crippen LogP contribution in [0.4, 0.5) is 11.4 Å². The summed E-state index contributed by atoms with van der Waals surface area (Å²) in [6, 6.07) is 13.0. The average molecular weight is 353 g/mol. The fourth-order valence-electron chi connectivity index (χ4n) is 2.57. The quantitative estimate of drug-likeness (QED) is 0.385. The molecule has 26 heavy (non-hydrogen) atoms. The zero-order chi connectivity index (χ0) is 18.7. The maximum Gasteiger partial charge on any atom is 0.311 e. The van der Waals surface area contributed by atoms with Gasteiger partial charge in [-0.25, -0.2) is 5.01 Å². The van der Waals surface area contributed by atoms with E-state index >= 15 is 0 Å². The number of para-hydroxylation sites is 2. The topological polar surface area (TPSA) is 102 Å². The first-order valence-corrected chi connectivity index (χ1v) is 7.85. The van der Waals surface area contributed by atoms with E-state index in [0.29, 0.717) is 5.69 Å². The number of hydrazine groups is 1. The lowest BCUT2D eigenvalue weighted by Gasteiger charge is -2.13. The van der Waals surface area contributed by atoms with Crippen molar-refractivity contribution in [3.8, 4) is 5.75 Å². The van der Waals surface area contributed by atoms with Crippen molar-refractivity contribution < 1.29 is 19.2 Å². The van der Waals surface area contributed by atoms with Gasteiger partial charge in [-0.05, 0) is 25.1 Å². The van der Waals surface area contributed by atoms with Crippen molar-refractivity contribution in [1.82, 2.24) is 5.43 Å². The molecule has 1 N–H and O–H groups in total. The van der Waals surface area contributed by atoms with Crippen LogP contribution in [-0.2, 0) is 9.59 Å². The molecule has 0 spiro atoms. The van der Waals surface area contributed by atoms with E-state index in [-0.39, 0.29) is 29.2 Å². The standard InChI is InChI=1S/C18H15N3O5/c1-2-26-16-12(7-6-10-15(16)21(24)25)11-14-17(22)19-20(18(14)23)13-8-4-3-5-9-13/h3-11H,2H2,1H3,(H,19,22)/b14-11-. The molecule has 132 valence electrons. The second-order valence-electron chi connectivity index (χ2n) is 5.36. The van der Waals surface area contributed by atoms with Crippen molar-refractivity contribution >= 4 is 29.3 Å². The van der Waals surface area contributed by atoms with Gasteiger partial charge in [-0.3, -0.25) is 25.1 Å². The van der Waals surface area contributed by atoms with E-state index in [2.05, 4.69) is 5.43 Å². The van der Waals surface area contributed by atoms with Crippen LogP contribution in [0.1, 0.15) is 12.5 Å². The number of nitrogens with zero attached hydrogens (tertiary/aromatic N) is 2. The summed E-state index contributed by atoms with van der Waals surface area (Å²) < 4.78 is 5.38. The van der Waals surface area contributed by atoms with Crippen LogP contribution in [0.5, 0.6) is 5.75 Å². The van der Waals surface area contributed by atoms with Gasteiger partial charge in [0.25, 0.3) is 11.8 Å². The molecule has 1 aliphatic heterocycles. The Bertz CT molecular complexity index is 908. The Balaban J connectivity index is 2.03. The van der Waals surface area contributed by atoms with Gasteiger partial charge >= 0.3 is 5.69 Å². The zero-order valence-electron chi connectivity index (χ0n) is 13.8. The second-order valence-corrected chi connectivity index (χ2v) is 5.36. The molecular weight excluding hydrogens is 338 g/mol. The molecule has 2 aromatic carbocycles. The minimum absolute atomic E-state index is 0.0197. The van der Waals surface area contributed by atoms with E-state index in [4.69, 9.17) is 4.74 Å². The third-order valence-corrected chi connectivity index (χ3v) is 3.72. The largest absolute Gasteiger partial charge is 0.487 e. The molecule has 3 rings (SSSR count). The first-order valence-electron chi connectivity index (χ1n) is 7.85. The Labute approximate surface area is 148 Å². The van der Waals surface area contributed by atoms with E-state index in [9.17, 15) is 19.7 Å². The number of nitrogens with one attached hydrogen (secondary N) is 1. The van der Waals surface area contributed by atoms with Gasteiger partial charge in [0, 0.05) is 11.6 Å². The number of ether oxygens (including phenoxy) is 1. The summed E-state index contributed by atoms with van der Waals surface area (Å²) in [6.45, 7) is 1.90. The predicted molar refractivity (Wildman–Crippen MR) is 94.3 cm³/mol. The molecule has 2 amide bonds. The van der Waals surface area contributed by atoms with Crippen molar-refractivity contribution in [3.05, 3.63) is 69.8 Å². The van der Waals surface area contributed by atoms with Crippen LogP contribution in [0, 0.1) is 10.1 Å². The van der Waals surface area contributed by atoms with Crippen LogP contribution >= 0.6 is 0 Å². The molecule has 8 nitrogen and oxygen atoms in total. The number of nitro groups is 1. The molecule has 0 saturated carbocycles. The number of carbonyl (C=O) groups excluding carboxylic acids is 2. The number of hydrogen-bond acceptors (Lipinski definition) is 5. The van der Waals surface area contributed by atoms with Crippen LogP contribution in [0.2, 0.25) is 0 Å². The SMILES string of the molecule is CCOc1c(/C=C2/C(=O)NN(c3ccccc3)C2=O)cccc1[N+](=O)[O-]. The van der Waals surface area contributed by atoms with Crippen molar-refractivity contribution in [3.63, 3.8) is 0 Å². The molecule has 1 aliphatic rings. The van der Waals surface area contributed by atoms with Gasteiger partial charge in [-0.2, -0.15) is 0 Å². The van der Waals surface area contributed by atoms with Gasteiger partial charge in [0.1, 0.15) is 5.57 Å². The highest BCUT2D eigenvalue weighted by Gasteiger charge is 2.35. The number of nitro benzene ring substituents is 1. The maximum atomic E-state index is 12.6. The molecule has 1 heterocycles. The fourth-order valence-corrected chi connectivity index (χ4v) is 2.57. The molecule has 0 bridgehead atoms. The first-order chi connectivity index (χ1) is 12.5. The Morgan fingerprint density at radius 1 is 1.15 bits per heavy atom. The minimum atomic E-state index is -0.590. The summed E-state index contributed by atoms with van der Waals surface area (Å²) >= 11 is 0. The molecule has 0 atom stereocenters. The third-order valence-electron chi connectivity index (χ3n) is 3.72. The molecule has 8 heteroatoms. The summed E-state index contributed by atoms with van der Waals surface area (Å²) in [5.41, 5.74) is 2.92. The number of rotatable bonds is 5. The smallest absolute Gasteiger partial charge is 0.311 e. The molecule has 0 aromatic heterocycles. The summed E-state index contributed by atoms with van der Waals surface area (Å²) in [5.74, 6) is -1.12. The number of hydrogen-bond donors (Lipinski definition) is 1. The third kappa shape index (κ3) is 3.12. The highest BCUT2D eigenvalue weighted by Crippen LogP contribution is 2.33. The molecule has 0 unspecified atom stereocenters. The highest BCUT2D eigenvalue weighted by atomic mass is 16.6. The summed E-state index contributed by atoms with van der Waals surface area (Å²) in [7, 11) is 0. The maximum absolute atomic E-state index is 12.6. The van der Waals surface area contributed by atoms with E-state index in [0.717, 1.165) is 5.01 Å². The van der Waals surface area contributed by atoms with Gasteiger partial charge in [0.15, 0.2) is 0 Å². The number of carbonyl (C=O) groups is 2. The molecule has 2 aromatic rings. The van der Waals surface area contributed by atoms with Crippen LogP contribution in [0.15, 0.2) is 54.1 Å². The van der Waals surface area contributed by atoms with Gasteiger partial charge in [0.05, 0.1) is 17.2 Å². The summed E-state index contributed by atoms with van der Waals surface area (Å²) in [5, 5.41) is 12.3. The van der Waals surface area contributed by atoms with Crippen LogP contribution in [-0.4, -0.2) is 23.3 Å². The monoisotopic (exact) mass is 353 g/mol. The molecule has 0 aliphatic carbocycles. The second kappa shape index (κ2) is 7.06. The Hall–Kier alpha value is -3.68. The van der Waals surface area contributed by atoms with Crippen molar-refractivity contribution in [2.75, 3.05) is 11.6 Å². The molecular formula is C18H15N3O5. The van der Waals surface area contributed by atoms with E-state index in [1.54, 1.807) is 43.3 Å². The van der Waals surface area contributed by atoms with Crippen LogP contribution in [0.25, 0.3) is 6.08 Å².